The lowest BCUT2D eigenvalue weighted by Gasteiger charge is -2.43. The van der Waals surface area contributed by atoms with Gasteiger partial charge in [-0.2, -0.15) is 0 Å². The number of benzene rings is 2. The van der Waals surface area contributed by atoms with Crippen molar-refractivity contribution in [3.63, 3.8) is 0 Å². The Labute approximate surface area is 157 Å². The van der Waals surface area contributed by atoms with E-state index in [0.29, 0.717) is 0 Å². The van der Waals surface area contributed by atoms with Crippen molar-refractivity contribution in [3.05, 3.63) is 60.7 Å². The summed E-state index contributed by atoms with van der Waals surface area (Å²) in [6, 6.07) is 18.7. The SMILES string of the molecule is [2H]C([2H])(I)C([2H])([2H])C([2H])([2H])O[Si](c1ccccc1)(c1ccccc1)C(C)(C)C. The van der Waals surface area contributed by atoms with Crippen molar-refractivity contribution >= 4 is 41.3 Å². The highest BCUT2D eigenvalue weighted by Gasteiger charge is 2.49. The number of alkyl halides is 1. The summed E-state index contributed by atoms with van der Waals surface area (Å²) in [5.41, 5.74) is 0. The molecule has 0 saturated carbocycles. The molecule has 0 heterocycles. The van der Waals surface area contributed by atoms with E-state index in [1.165, 1.54) is 22.6 Å². The average Bonchev–Trinajstić information content (AvgIpc) is 2.59. The van der Waals surface area contributed by atoms with Gasteiger partial charge < -0.3 is 4.43 Å². The van der Waals surface area contributed by atoms with Gasteiger partial charge in [0.1, 0.15) is 0 Å². The molecule has 0 aliphatic carbocycles. The number of rotatable bonds is 6. The van der Waals surface area contributed by atoms with E-state index in [1.807, 2.05) is 81.4 Å². The normalized spacial score (nSPS) is 18.4. The van der Waals surface area contributed by atoms with Gasteiger partial charge in [-0.3, -0.25) is 0 Å². The van der Waals surface area contributed by atoms with Gasteiger partial charge >= 0.3 is 0 Å². The van der Waals surface area contributed by atoms with Gasteiger partial charge in [-0.15, -0.1) is 0 Å². The van der Waals surface area contributed by atoms with Crippen molar-refractivity contribution in [1.29, 1.82) is 0 Å². The van der Waals surface area contributed by atoms with Crippen LogP contribution in [0.15, 0.2) is 60.7 Å². The van der Waals surface area contributed by atoms with Crippen LogP contribution in [-0.4, -0.2) is 19.3 Å². The Morgan fingerprint density at radius 1 is 0.955 bits per heavy atom. The minimum atomic E-state index is -3.36. The van der Waals surface area contributed by atoms with Gasteiger partial charge in [0.25, 0.3) is 8.32 Å². The fourth-order valence-corrected chi connectivity index (χ4v) is 7.02. The Balaban J connectivity index is 2.79. The molecule has 118 valence electrons. The zero-order valence-corrected chi connectivity index (χ0v) is 16.2. The average molecular weight is 430 g/mol. The number of halogens is 1. The van der Waals surface area contributed by atoms with Crippen LogP contribution in [0.1, 0.15) is 35.4 Å². The Hall–Kier alpha value is -0.653. The van der Waals surface area contributed by atoms with Crippen molar-refractivity contribution in [1.82, 2.24) is 0 Å². The summed E-state index contributed by atoms with van der Waals surface area (Å²) in [5, 5.41) is 1.07. The number of hydrogen-bond acceptors (Lipinski definition) is 1. The first kappa shape index (κ1) is 11.0. The Morgan fingerprint density at radius 3 is 1.77 bits per heavy atom. The van der Waals surface area contributed by atoms with E-state index >= 15 is 0 Å². The molecule has 0 fully saturated rings. The maximum Gasteiger partial charge on any atom is 0.261 e. The van der Waals surface area contributed by atoms with Gasteiger partial charge in [-0.1, -0.05) is 104 Å². The molecule has 0 atom stereocenters. The minimum absolute atomic E-state index is 0.545. The van der Waals surface area contributed by atoms with Crippen molar-refractivity contribution in [3.8, 4) is 0 Å². The van der Waals surface area contributed by atoms with Crippen molar-refractivity contribution in [2.24, 2.45) is 0 Å². The van der Waals surface area contributed by atoms with E-state index in [4.69, 9.17) is 12.7 Å². The molecule has 0 saturated heterocycles. The summed E-state index contributed by atoms with van der Waals surface area (Å²) in [6.07, 6.45) is -2.87. The molecule has 2 aromatic carbocycles. The highest BCUT2D eigenvalue weighted by molar-refractivity contribution is 14.1. The second-order valence-electron chi connectivity index (χ2n) is 6.09. The number of hydrogen-bond donors (Lipinski definition) is 0. The smallest absolute Gasteiger partial charge is 0.261 e. The lowest BCUT2D eigenvalue weighted by atomic mass is 10.2. The van der Waals surface area contributed by atoms with E-state index in [9.17, 15) is 0 Å². The van der Waals surface area contributed by atoms with E-state index in [-0.39, 0.29) is 0 Å². The van der Waals surface area contributed by atoms with Crippen LogP contribution in [0, 0.1) is 0 Å². The summed E-state index contributed by atoms with van der Waals surface area (Å²) in [4.78, 5) is 0. The molecule has 0 aliphatic heterocycles. The summed E-state index contributed by atoms with van der Waals surface area (Å²) in [6.45, 7) is 3.03. The van der Waals surface area contributed by atoms with Crippen LogP contribution in [-0.2, 0) is 4.43 Å². The molecule has 0 aliphatic rings. The van der Waals surface area contributed by atoms with Crippen LogP contribution >= 0.6 is 22.6 Å². The third-order valence-electron chi connectivity index (χ3n) is 3.72. The quantitative estimate of drug-likeness (QED) is 0.375. The molecular formula is C19H25IOSi. The second kappa shape index (κ2) is 7.75. The third kappa shape index (κ3) is 3.63. The molecule has 0 N–H and O–H groups in total. The summed E-state index contributed by atoms with van der Waals surface area (Å²) >= 11 is 1.30. The fourth-order valence-electron chi connectivity index (χ4n) is 2.77. The van der Waals surface area contributed by atoms with Crippen LogP contribution in [0.3, 0.4) is 0 Å². The Kier molecular flexibility index (Phi) is 3.87. The van der Waals surface area contributed by atoms with Crippen molar-refractivity contribution in [2.45, 2.75) is 32.2 Å². The highest BCUT2D eigenvalue weighted by atomic mass is 127. The van der Waals surface area contributed by atoms with Crippen LogP contribution in [0.4, 0.5) is 0 Å². The predicted molar refractivity (Wildman–Crippen MR) is 107 cm³/mol. The first-order valence-electron chi connectivity index (χ1n) is 10.2. The molecular weight excluding hydrogens is 399 g/mol. The van der Waals surface area contributed by atoms with Gasteiger partial charge in [-0.25, -0.2) is 0 Å². The third-order valence-corrected chi connectivity index (χ3v) is 8.80. The van der Waals surface area contributed by atoms with Gasteiger partial charge in [0.05, 0.1) is 2.74 Å². The minimum Gasteiger partial charge on any atom is -0.407 e. The van der Waals surface area contributed by atoms with Gasteiger partial charge in [0.2, 0.25) is 0 Å². The van der Waals surface area contributed by atoms with E-state index < -0.39 is 30.7 Å². The summed E-state index contributed by atoms with van der Waals surface area (Å²) in [7, 11) is -3.36. The van der Waals surface area contributed by atoms with Crippen LogP contribution in [0.5, 0.6) is 0 Å². The highest BCUT2D eigenvalue weighted by Crippen LogP contribution is 2.36. The maximum absolute atomic E-state index is 8.48. The molecule has 0 amide bonds. The lowest BCUT2D eigenvalue weighted by Crippen LogP contribution is -2.66. The van der Waals surface area contributed by atoms with Crippen LogP contribution in [0.2, 0.25) is 5.04 Å². The first-order chi connectivity index (χ1) is 12.7. The molecule has 0 bridgehead atoms. The molecule has 2 rings (SSSR count). The summed E-state index contributed by atoms with van der Waals surface area (Å²) < 4.78 is 52.8. The first-order valence-corrected chi connectivity index (χ1v) is 10.2. The summed E-state index contributed by atoms with van der Waals surface area (Å²) in [5.74, 6) is 0. The van der Waals surface area contributed by atoms with Crippen molar-refractivity contribution in [2.75, 3.05) is 10.9 Å². The predicted octanol–water partition coefficient (Wildman–Crippen LogP) is 4.39. The second-order valence-corrected chi connectivity index (χ2v) is 10.8. The van der Waals surface area contributed by atoms with Crippen LogP contribution in [0.25, 0.3) is 0 Å². The maximum atomic E-state index is 8.48. The Bertz CT molecular complexity index is 748. The lowest BCUT2D eigenvalue weighted by molar-refractivity contribution is 0.299. The zero-order valence-electron chi connectivity index (χ0n) is 19.1. The molecule has 0 radical (unpaired) electrons. The Morgan fingerprint density at radius 2 is 1.41 bits per heavy atom. The zero-order chi connectivity index (χ0) is 21.4. The van der Waals surface area contributed by atoms with E-state index in [0.717, 1.165) is 10.4 Å². The topological polar surface area (TPSA) is 9.23 Å². The van der Waals surface area contributed by atoms with E-state index in [1.54, 1.807) is 0 Å². The standard InChI is InChI=1S/C19H25IOSi/c1-19(2,3)22(21-16-10-15-20,17-11-6-4-7-12-17)18-13-8-5-9-14-18/h4-9,11-14H,10,15-16H2,1-3H3/i10D2,15D2,16D2. The molecule has 22 heavy (non-hydrogen) atoms. The van der Waals surface area contributed by atoms with Gasteiger partial charge in [0, 0.05) is 16.4 Å². The molecule has 1 nitrogen and oxygen atoms in total. The van der Waals surface area contributed by atoms with Gasteiger partial charge in [-0.05, 0) is 21.8 Å². The fraction of sp³-hybridized carbons (Fsp3) is 0.368. The molecule has 3 heteroatoms. The van der Waals surface area contributed by atoms with Crippen molar-refractivity contribution < 1.29 is 12.7 Å². The van der Waals surface area contributed by atoms with E-state index in [2.05, 4.69) is 0 Å². The molecule has 0 spiro atoms. The molecule has 0 unspecified atom stereocenters. The largest absolute Gasteiger partial charge is 0.407 e. The molecule has 2 aromatic rings. The molecule has 0 aromatic heterocycles. The monoisotopic (exact) mass is 430 g/mol. The van der Waals surface area contributed by atoms with Gasteiger partial charge in [0.15, 0.2) is 0 Å². The van der Waals surface area contributed by atoms with Crippen LogP contribution < -0.4 is 10.4 Å².